The van der Waals surface area contributed by atoms with Crippen molar-refractivity contribution >= 4 is 8.80 Å². The SMILES string of the molecule is CC(N)C[Si]1(OCC(C)CO)OCC(C)CO1. The molecular weight excluding hydrogens is 238 g/mol. The number of hydrogen-bond acceptors (Lipinski definition) is 5. The van der Waals surface area contributed by atoms with Gasteiger partial charge in [0.25, 0.3) is 0 Å². The van der Waals surface area contributed by atoms with Gasteiger partial charge in [-0.2, -0.15) is 0 Å². The van der Waals surface area contributed by atoms with Crippen LogP contribution >= 0.6 is 0 Å². The van der Waals surface area contributed by atoms with Crippen molar-refractivity contribution < 1.29 is 18.4 Å². The summed E-state index contributed by atoms with van der Waals surface area (Å²) < 4.78 is 17.5. The molecule has 2 unspecified atom stereocenters. The van der Waals surface area contributed by atoms with Gasteiger partial charge in [0.2, 0.25) is 0 Å². The molecule has 1 aliphatic rings. The van der Waals surface area contributed by atoms with Gasteiger partial charge in [0.15, 0.2) is 0 Å². The van der Waals surface area contributed by atoms with Crippen molar-refractivity contribution in [2.24, 2.45) is 17.6 Å². The fourth-order valence-corrected chi connectivity index (χ4v) is 4.61. The molecule has 0 saturated carbocycles. The molecule has 1 aliphatic heterocycles. The molecule has 5 nitrogen and oxygen atoms in total. The molecule has 0 aliphatic carbocycles. The van der Waals surface area contributed by atoms with Crippen molar-refractivity contribution in [3.8, 4) is 0 Å². The number of aliphatic hydroxyl groups excluding tert-OH is 1. The normalized spacial score (nSPS) is 33.4. The van der Waals surface area contributed by atoms with E-state index in [9.17, 15) is 0 Å². The third-order valence-corrected chi connectivity index (χ3v) is 5.61. The minimum Gasteiger partial charge on any atom is -0.396 e. The van der Waals surface area contributed by atoms with Gasteiger partial charge in [-0.25, -0.2) is 0 Å². The summed E-state index contributed by atoms with van der Waals surface area (Å²) >= 11 is 0. The van der Waals surface area contributed by atoms with E-state index in [0.717, 1.165) is 0 Å². The Hall–Kier alpha value is 0.0169. The topological polar surface area (TPSA) is 73.9 Å². The average molecular weight is 263 g/mol. The zero-order valence-electron chi connectivity index (χ0n) is 11.0. The van der Waals surface area contributed by atoms with Crippen LogP contribution in [0.5, 0.6) is 0 Å². The number of nitrogens with two attached hydrogens (primary N) is 1. The van der Waals surface area contributed by atoms with Gasteiger partial charge in [0.1, 0.15) is 0 Å². The second kappa shape index (κ2) is 6.82. The molecule has 17 heavy (non-hydrogen) atoms. The van der Waals surface area contributed by atoms with Crippen molar-refractivity contribution in [1.82, 2.24) is 0 Å². The highest BCUT2D eigenvalue weighted by Gasteiger charge is 2.45. The first kappa shape index (κ1) is 15.1. The maximum absolute atomic E-state index is 9.00. The summed E-state index contributed by atoms with van der Waals surface area (Å²) in [6.45, 7) is 7.86. The lowest BCUT2D eigenvalue weighted by atomic mass is 10.2. The Morgan fingerprint density at radius 3 is 2.47 bits per heavy atom. The van der Waals surface area contributed by atoms with Gasteiger partial charge < -0.3 is 24.1 Å². The van der Waals surface area contributed by atoms with Crippen LogP contribution in [0.15, 0.2) is 0 Å². The first-order valence-corrected chi connectivity index (χ1v) is 8.19. The Labute approximate surface area is 105 Å². The standard InChI is InChI=1S/C11H25NO4Si/c1-9(4-13)5-14-17(8-11(3)12)15-6-10(2)7-16-17/h9-11,13H,4-8,12H2,1-3H3. The molecule has 1 fully saturated rings. The third kappa shape index (κ3) is 5.03. The summed E-state index contributed by atoms with van der Waals surface area (Å²) in [7, 11) is -2.60. The second-order valence-electron chi connectivity index (χ2n) is 5.19. The van der Waals surface area contributed by atoms with Gasteiger partial charge in [-0.3, -0.25) is 0 Å². The fraction of sp³-hybridized carbons (Fsp3) is 1.00. The first-order valence-electron chi connectivity index (χ1n) is 6.25. The predicted molar refractivity (Wildman–Crippen MR) is 67.5 cm³/mol. The molecular formula is C11H25NO4Si. The van der Waals surface area contributed by atoms with Gasteiger partial charge in [-0.1, -0.05) is 13.8 Å². The summed E-state index contributed by atoms with van der Waals surface area (Å²) in [5.74, 6) is 0.501. The molecule has 3 N–H and O–H groups in total. The molecule has 0 aromatic rings. The largest absolute Gasteiger partial charge is 0.502 e. The number of aliphatic hydroxyl groups is 1. The summed E-state index contributed by atoms with van der Waals surface area (Å²) in [6.07, 6.45) is 0. The Morgan fingerprint density at radius 1 is 1.41 bits per heavy atom. The van der Waals surface area contributed by atoms with Crippen LogP contribution in [0.3, 0.4) is 0 Å². The second-order valence-corrected chi connectivity index (χ2v) is 7.83. The van der Waals surface area contributed by atoms with E-state index in [1.54, 1.807) is 0 Å². The summed E-state index contributed by atoms with van der Waals surface area (Å²) in [6, 6.07) is 0.636. The minimum atomic E-state index is -2.60. The molecule has 102 valence electrons. The molecule has 0 amide bonds. The van der Waals surface area contributed by atoms with Gasteiger partial charge in [-0.05, 0) is 6.92 Å². The Morgan fingerprint density at radius 2 is 2.00 bits per heavy atom. The van der Waals surface area contributed by atoms with Crippen molar-refractivity contribution in [2.75, 3.05) is 26.4 Å². The average Bonchev–Trinajstić information content (AvgIpc) is 2.29. The van der Waals surface area contributed by atoms with Crippen LogP contribution in [0.2, 0.25) is 6.04 Å². The molecule has 2 atom stereocenters. The summed E-state index contributed by atoms with van der Waals surface area (Å²) in [5.41, 5.74) is 5.83. The predicted octanol–water partition coefficient (Wildman–Crippen LogP) is 0.600. The monoisotopic (exact) mass is 263 g/mol. The van der Waals surface area contributed by atoms with Crippen molar-refractivity contribution in [3.05, 3.63) is 0 Å². The van der Waals surface area contributed by atoms with Crippen LogP contribution < -0.4 is 5.73 Å². The Kier molecular flexibility index (Phi) is 6.05. The van der Waals surface area contributed by atoms with E-state index >= 15 is 0 Å². The van der Waals surface area contributed by atoms with Gasteiger partial charge >= 0.3 is 8.80 Å². The quantitative estimate of drug-likeness (QED) is 0.687. The molecule has 1 rings (SSSR count). The maximum Gasteiger partial charge on any atom is 0.502 e. The highest BCUT2D eigenvalue weighted by atomic mass is 28.4. The van der Waals surface area contributed by atoms with Crippen molar-refractivity contribution in [3.63, 3.8) is 0 Å². The van der Waals surface area contributed by atoms with Gasteiger partial charge in [0.05, 0.1) is 0 Å². The molecule has 0 bridgehead atoms. The first-order chi connectivity index (χ1) is 7.97. The number of hydrogen-bond donors (Lipinski definition) is 2. The maximum atomic E-state index is 9.00. The highest BCUT2D eigenvalue weighted by molar-refractivity contribution is 6.61. The van der Waals surface area contributed by atoms with E-state index in [-0.39, 0.29) is 18.6 Å². The van der Waals surface area contributed by atoms with Crippen LogP contribution in [0.1, 0.15) is 20.8 Å². The molecule has 0 aromatic heterocycles. The highest BCUT2D eigenvalue weighted by Crippen LogP contribution is 2.24. The van der Waals surface area contributed by atoms with Crippen LogP contribution in [0.4, 0.5) is 0 Å². The smallest absolute Gasteiger partial charge is 0.396 e. The molecule has 1 heterocycles. The Bertz CT molecular complexity index is 220. The van der Waals surface area contributed by atoms with Crippen LogP contribution in [0.25, 0.3) is 0 Å². The zero-order valence-corrected chi connectivity index (χ0v) is 12.0. The van der Waals surface area contributed by atoms with Crippen LogP contribution in [-0.2, 0) is 13.3 Å². The molecule has 0 radical (unpaired) electrons. The zero-order chi connectivity index (χ0) is 12.9. The lowest BCUT2D eigenvalue weighted by Gasteiger charge is -2.37. The molecule has 0 spiro atoms. The lowest BCUT2D eigenvalue weighted by Crippen LogP contribution is -2.54. The Balaban J connectivity index is 2.53. The van der Waals surface area contributed by atoms with Gasteiger partial charge in [0, 0.05) is 50.3 Å². The van der Waals surface area contributed by atoms with E-state index in [1.165, 1.54) is 0 Å². The van der Waals surface area contributed by atoms with E-state index in [0.29, 0.717) is 31.8 Å². The molecule has 0 aromatic carbocycles. The van der Waals surface area contributed by atoms with E-state index < -0.39 is 8.80 Å². The molecule has 6 heteroatoms. The van der Waals surface area contributed by atoms with E-state index in [2.05, 4.69) is 6.92 Å². The van der Waals surface area contributed by atoms with Crippen molar-refractivity contribution in [2.45, 2.75) is 32.9 Å². The lowest BCUT2D eigenvalue weighted by molar-refractivity contribution is -0.0138. The summed E-state index contributed by atoms with van der Waals surface area (Å²) in [5, 5.41) is 9.00. The fourth-order valence-electron chi connectivity index (χ4n) is 1.60. The molecule has 1 saturated heterocycles. The van der Waals surface area contributed by atoms with Crippen LogP contribution in [-0.4, -0.2) is 46.4 Å². The van der Waals surface area contributed by atoms with E-state index in [4.69, 9.17) is 24.1 Å². The minimum absolute atomic E-state index is 0.000458. The number of rotatable bonds is 6. The van der Waals surface area contributed by atoms with Crippen LogP contribution in [0, 0.1) is 11.8 Å². The van der Waals surface area contributed by atoms with Crippen molar-refractivity contribution in [1.29, 1.82) is 0 Å². The third-order valence-electron chi connectivity index (χ3n) is 2.65. The summed E-state index contributed by atoms with van der Waals surface area (Å²) in [4.78, 5) is 0. The van der Waals surface area contributed by atoms with E-state index in [1.807, 2.05) is 13.8 Å². The van der Waals surface area contributed by atoms with Gasteiger partial charge in [-0.15, -0.1) is 0 Å².